The number of ether oxygens (including phenoxy) is 1. The molecule has 0 amide bonds. The summed E-state index contributed by atoms with van der Waals surface area (Å²) in [6.07, 6.45) is 1.81. The van der Waals surface area contributed by atoms with Crippen LogP contribution >= 0.6 is 0 Å². The first kappa shape index (κ1) is 14.2. The highest BCUT2D eigenvalue weighted by atomic mass is 16.5. The predicted octanol–water partition coefficient (Wildman–Crippen LogP) is 3.07. The zero-order valence-electron chi connectivity index (χ0n) is 11.6. The number of esters is 1. The van der Waals surface area contributed by atoms with E-state index in [2.05, 4.69) is 0 Å². The molecule has 0 aliphatic heterocycles. The standard InChI is InChI=1S/C16H16O4/c1-3-4-9-13(17)20-16-10(2)14(18)11-7-5-6-8-12(11)15(16)19/h5-8H,3-4,9H2,1-2H3. The minimum Gasteiger partial charge on any atom is -0.422 e. The van der Waals surface area contributed by atoms with E-state index in [0.717, 1.165) is 6.42 Å². The normalized spacial score (nSPS) is 14.3. The van der Waals surface area contributed by atoms with Crippen molar-refractivity contribution in [3.05, 3.63) is 46.7 Å². The van der Waals surface area contributed by atoms with Gasteiger partial charge in [-0.2, -0.15) is 0 Å². The molecule has 0 unspecified atom stereocenters. The predicted molar refractivity (Wildman–Crippen MR) is 73.4 cm³/mol. The van der Waals surface area contributed by atoms with Gasteiger partial charge in [0.1, 0.15) is 0 Å². The van der Waals surface area contributed by atoms with E-state index in [1.54, 1.807) is 24.3 Å². The Bertz CT molecular complexity index is 611. The van der Waals surface area contributed by atoms with Crippen LogP contribution in [-0.4, -0.2) is 17.5 Å². The average molecular weight is 272 g/mol. The molecule has 2 rings (SSSR count). The lowest BCUT2D eigenvalue weighted by Gasteiger charge is -2.18. The molecule has 0 fully saturated rings. The van der Waals surface area contributed by atoms with Crippen molar-refractivity contribution >= 4 is 17.5 Å². The first-order chi connectivity index (χ1) is 9.56. The van der Waals surface area contributed by atoms with Crippen LogP contribution in [0.1, 0.15) is 53.8 Å². The molecule has 1 aromatic carbocycles. The van der Waals surface area contributed by atoms with Crippen LogP contribution in [0.25, 0.3) is 0 Å². The van der Waals surface area contributed by atoms with Crippen molar-refractivity contribution in [2.45, 2.75) is 33.1 Å². The summed E-state index contributed by atoms with van der Waals surface area (Å²) in [5.74, 6) is -1.27. The van der Waals surface area contributed by atoms with Crippen LogP contribution in [0.15, 0.2) is 35.6 Å². The molecule has 0 atom stereocenters. The molecule has 4 nitrogen and oxygen atoms in total. The third-order valence-electron chi connectivity index (χ3n) is 3.25. The number of hydrogen-bond acceptors (Lipinski definition) is 4. The lowest BCUT2D eigenvalue weighted by atomic mass is 9.89. The topological polar surface area (TPSA) is 60.4 Å². The molecule has 0 bridgehead atoms. The molecule has 4 heteroatoms. The molecule has 1 aliphatic carbocycles. The van der Waals surface area contributed by atoms with Crippen LogP contribution < -0.4 is 0 Å². The smallest absolute Gasteiger partial charge is 0.311 e. The lowest BCUT2D eigenvalue weighted by Crippen LogP contribution is -2.24. The summed E-state index contributed by atoms with van der Waals surface area (Å²) in [4.78, 5) is 36.1. The van der Waals surface area contributed by atoms with Crippen molar-refractivity contribution in [3.63, 3.8) is 0 Å². The summed E-state index contributed by atoms with van der Waals surface area (Å²) in [6, 6.07) is 6.56. The summed E-state index contributed by atoms with van der Waals surface area (Å²) >= 11 is 0. The fraction of sp³-hybridized carbons (Fsp3) is 0.312. The van der Waals surface area contributed by atoms with Crippen LogP contribution in [0.4, 0.5) is 0 Å². The van der Waals surface area contributed by atoms with Crippen molar-refractivity contribution in [3.8, 4) is 0 Å². The number of fused-ring (bicyclic) bond motifs is 1. The Kier molecular flexibility index (Phi) is 4.13. The van der Waals surface area contributed by atoms with Gasteiger partial charge in [-0.3, -0.25) is 14.4 Å². The van der Waals surface area contributed by atoms with Gasteiger partial charge in [-0.1, -0.05) is 37.6 Å². The first-order valence-electron chi connectivity index (χ1n) is 6.66. The molecule has 0 saturated carbocycles. The van der Waals surface area contributed by atoms with Gasteiger partial charge in [0.15, 0.2) is 11.5 Å². The molecule has 0 heterocycles. The highest BCUT2D eigenvalue weighted by Gasteiger charge is 2.32. The second-order valence-corrected chi connectivity index (χ2v) is 4.74. The minimum absolute atomic E-state index is 0.130. The molecule has 1 aliphatic rings. The molecule has 20 heavy (non-hydrogen) atoms. The minimum atomic E-state index is -0.471. The van der Waals surface area contributed by atoms with Crippen molar-refractivity contribution in [1.82, 2.24) is 0 Å². The number of unbranched alkanes of at least 4 members (excludes halogenated alkanes) is 1. The number of hydrogen-bond donors (Lipinski definition) is 0. The fourth-order valence-electron chi connectivity index (χ4n) is 2.09. The number of rotatable bonds is 4. The lowest BCUT2D eigenvalue weighted by molar-refractivity contribution is -0.139. The van der Waals surface area contributed by atoms with Gasteiger partial charge < -0.3 is 4.74 Å². The largest absolute Gasteiger partial charge is 0.422 e. The van der Waals surface area contributed by atoms with Crippen LogP contribution in [-0.2, 0) is 9.53 Å². The molecule has 104 valence electrons. The number of allylic oxidation sites excluding steroid dienone is 2. The van der Waals surface area contributed by atoms with E-state index in [4.69, 9.17) is 4.74 Å². The van der Waals surface area contributed by atoms with Gasteiger partial charge in [-0.25, -0.2) is 0 Å². The van der Waals surface area contributed by atoms with E-state index in [1.165, 1.54) is 6.92 Å². The van der Waals surface area contributed by atoms with Crippen LogP contribution in [0.2, 0.25) is 0 Å². The highest BCUT2D eigenvalue weighted by Crippen LogP contribution is 2.27. The number of Topliss-reactive ketones (excluding diaryl/α,β-unsaturated/α-hetero) is 2. The third-order valence-corrected chi connectivity index (χ3v) is 3.25. The van der Waals surface area contributed by atoms with E-state index in [1.807, 2.05) is 6.92 Å². The average Bonchev–Trinajstić information content (AvgIpc) is 2.47. The van der Waals surface area contributed by atoms with E-state index < -0.39 is 11.8 Å². The Morgan fingerprint density at radius 2 is 1.70 bits per heavy atom. The SMILES string of the molecule is CCCCC(=O)OC1=C(C)C(=O)c2ccccc2C1=O. The summed E-state index contributed by atoms with van der Waals surface area (Å²) in [7, 11) is 0. The zero-order valence-corrected chi connectivity index (χ0v) is 11.6. The van der Waals surface area contributed by atoms with Crippen molar-refractivity contribution in [2.75, 3.05) is 0 Å². The van der Waals surface area contributed by atoms with Gasteiger partial charge in [0, 0.05) is 23.1 Å². The maximum Gasteiger partial charge on any atom is 0.311 e. The molecule has 0 saturated heterocycles. The van der Waals surface area contributed by atoms with Crippen molar-refractivity contribution < 1.29 is 19.1 Å². The van der Waals surface area contributed by atoms with E-state index in [0.29, 0.717) is 17.5 Å². The Morgan fingerprint density at radius 3 is 2.30 bits per heavy atom. The summed E-state index contributed by atoms with van der Waals surface area (Å²) in [6.45, 7) is 3.47. The second kappa shape index (κ2) is 5.82. The van der Waals surface area contributed by atoms with Gasteiger partial charge in [0.05, 0.1) is 0 Å². The van der Waals surface area contributed by atoms with Crippen LogP contribution in [0.5, 0.6) is 0 Å². The Labute approximate surface area is 117 Å². The van der Waals surface area contributed by atoms with Gasteiger partial charge in [0.25, 0.3) is 0 Å². The summed E-state index contributed by atoms with van der Waals surface area (Å²) < 4.78 is 5.12. The molecule has 1 aromatic rings. The Balaban J connectivity index is 2.30. The van der Waals surface area contributed by atoms with Gasteiger partial charge in [-0.15, -0.1) is 0 Å². The van der Waals surface area contributed by atoms with Gasteiger partial charge in [-0.05, 0) is 13.3 Å². The van der Waals surface area contributed by atoms with E-state index in [9.17, 15) is 14.4 Å². The molecular weight excluding hydrogens is 256 g/mol. The van der Waals surface area contributed by atoms with Crippen LogP contribution in [0.3, 0.4) is 0 Å². The molecule has 0 spiro atoms. The number of carbonyl (C=O) groups excluding carboxylic acids is 3. The zero-order chi connectivity index (χ0) is 14.7. The van der Waals surface area contributed by atoms with Crippen molar-refractivity contribution in [2.24, 2.45) is 0 Å². The summed E-state index contributed by atoms with van der Waals surface area (Å²) in [5.41, 5.74) is 0.850. The fourth-order valence-corrected chi connectivity index (χ4v) is 2.09. The maximum absolute atomic E-state index is 12.3. The summed E-state index contributed by atoms with van der Waals surface area (Å²) in [5, 5.41) is 0. The van der Waals surface area contributed by atoms with Crippen LogP contribution in [0, 0.1) is 0 Å². The van der Waals surface area contributed by atoms with E-state index in [-0.39, 0.29) is 23.5 Å². The number of carbonyl (C=O) groups is 3. The van der Waals surface area contributed by atoms with Gasteiger partial charge >= 0.3 is 5.97 Å². The molecule has 0 radical (unpaired) electrons. The highest BCUT2D eigenvalue weighted by molar-refractivity contribution is 6.26. The maximum atomic E-state index is 12.3. The monoisotopic (exact) mass is 272 g/mol. The Morgan fingerprint density at radius 1 is 1.10 bits per heavy atom. The first-order valence-corrected chi connectivity index (χ1v) is 6.66. The number of benzene rings is 1. The van der Waals surface area contributed by atoms with Crippen molar-refractivity contribution in [1.29, 1.82) is 0 Å². The third kappa shape index (κ3) is 2.54. The van der Waals surface area contributed by atoms with E-state index >= 15 is 0 Å². The molecule has 0 N–H and O–H groups in total. The Hall–Kier alpha value is -2.23. The molecular formula is C16H16O4. The number of ketones is 2. The quantitative estimate of drug-likeness (QED) is 0.790. The second-order valence-electron chi connectivity index (χ2n) is 4.74. The van der Waals surface area contributed by atoms with Gasteiger partial charge in [0.2, 0.25) is 5.78 Å². The molecule has 0 aromatic heterocycles.